The standard InChI is InChI=1S/C31H45N7O5/c1-10-16-41-30(7,8)23-20-37(35-33-23)19-22-18-24-32-21(3)25(26(28(39)40)43-29(4,5)6)27(38(24)34-22)36-14-12-31(9,13-15-36)42-17-11-2/h10-11,18,20,26H,1-2,12-17,19H2,3-9H3,(H,39,40). The third kappa shape index (κ3) is 7.49. The number of nitrogens with zero attached hydrogens (tertiary/aromatic N) is 7. The Labute approximate surface area is 253 Å². The SMILES string of the molecule is C=CCOC1(C)CCN(c2c(C(OC(C)(C)C)C(=O)O)c(C)nc3cc(Cn4cc(C(C)(C)OCC=C)nn4)nn23)CC1. The molecule has 1 fully saturated rings. The molecular formula is C31H45N7O5. The Morgan fingerprint density at radius 2 is 1.84 bits per heavy atom. The third-order valence-corrected chi connectivity index (χ3v) is 7.52. The monoisotopic (exact) mass is 595 g/mol. The van der Waals surface area contributed by atoms with E-state index in [1.165, 1.54) is 0 Å². The Hall–Kier alpha value is -3.61. The van der Waals surface area contributed by atoms with Crippen LogP contribution in [0.5, 0.6) is 0 Å². The van der Waals surface area contributed by atoms with Gasteiger partial charge in [-0.2, -0.15) is 9.61 Å². The van der Waals surface area contributed by atoms with Crippen molar-refractivity contribution in [2.45, 2.75) is 90.8 Å². The van der Waals surface area contributed by atoms with Crippen molar-refractivity contribution in [2.24, 2.45) is 0 Å². The summed E-state index contributed by atoms with van der Waals surface area (Å²) in [6, 6.07) is 1.89. The topological polar surface area (TPSA) is 129 Å². The Kier molecular flexibility index (Phi) is 9.43. The molecule has 0 aromatic carbocycles. The molecule has 1 unspecified atom stereocenters. The highest BCUT2D eigenvalue weighted by Crippen LogP contribution is 2.37. The summed E-state index contributed by atoms with van der Waals surface area (Å²) in [6.45, 7) is 23.3. The van der Waals surface area contributed by atoms with Crippen LogP contribution >= 0.6 is 0 Å². The van der Waals surface area contributed by atoms with Crippen molar-refractivity contribution in [2.75, 3.05) is 31.2 Å². The minimum absolute atomic E-state index is 0.302. The molecule has 1 atom stereocenters. The number of hydrogen-bond donors (Lipinski definition) is 1. The van der Waals surface area contributed by atoms with Crippen LogP contribution in [-0.2, 0) is 31.2 Å². The van der Waals surface area contributed by atoms with E-state index < -0.39 is 23.3 Å². The van der Waals surface area contributed by atoms with Crippen LogP contribution in [0.3, 0.4) is 0 Å². The van der Waals surface area contributed by atoms with Crippen molar-refractivity contribution in [3.63, 3.8) is 0 Å². The lowest BCUT2D eigenvalue weighted by atomic mass is 9.92. The Morgan fingerprint density at radius 3 is 2.44 bits per heavy atom. The van der Waals surface area contributed by atoms with Gasteiger partial charge in [-0.05, 0) is 61.3 Å². The number of aryl methyl sites for hydroxylation is 1. The Morgan fingerprint density at radius 1 is 1.16 bits per heavy atom. The smallest absolute Gasteiger partial charge is 0.337 e. The van der Waals surface area contributed by atoms with E-state index >= 15 is 0 Å². The van der Waals surface area contributed by atoms with Gasteiger partial charge in [0.15, 0.2) is 11.8 Å². The summed E-state index contributed by atoms with van der Waals surface area (Å²) in [6.07, 6.45) is 5.56. The molecule has 234 valence electrons. The van der Waals surface area contributed by atoms with Crippen molar-refractivity contribution in [1.82, 2.24) is 29.6 Å². The number of ether oxygens (including phenoxy) is 3. The lowest BCUT2D eigenvalue weighted by molar-refractivity contribution is -0.160. The van der Waals surface area contributed by atoms with E-state index in [-0.39, 0.29) is 5.60 Å². The zero-order valence-corrected chi connectivity index (χ0v) is 26.5. The molecule has 12 nitrogen and oxygen atoms in total. The average Bonchev–Trinajstić information content (AvgIpc) is 3.56. The summed E-state index contributed by atoms with van der Waals surface area (Å²) >= 11 is 0. The molecule has 3 aromatic heterocycles. The molecule has 0 radical (unpaired) electrons. The van der Waals surface area contributed by atoms with E-state index in [0.717, 1.165) is 12.8 Å². The largest absolute Gasteiger partial charge is 0.479 e. The molecule has 1 N–H and O–H groups in total. The van der Waals surface area contributed by atoms with Gasteiger partial charge in [-0.3, -0.25) is 0 Å². The van der Waals surface area contributed by atoms with Crippen LogP contribution in [0.2, 0.25) is 0 Å². The quantitative estimate of drug-likeness (QED) is 0.280. The maximum absolute atomic E-state index is 12.7. The molecule has 12 heteroatoms. The number of carboxylic acid groups (broad SMARTS) is 1. The van der Waals surface area contributed by atoms with E-state index in [1.807, 2.05) is 53.8 Å². The van der Waals surface area contributed by atoms with E-state index in [2.05, 4.69) is 35.3 Å². The van der Waals surface area contributed by atoms with Crippen molar-refractivity contribution in [1.29, 1.82) is 0 Å². The Balaban J connectivity index is 1.76. The van der Waals surface area contributed by atoms with Gasteiger partial charge in [0.25, 0.3) is 0 Å². The number of carbonyl (C=O) groups is 1. The van der Waals surface area contributed by atoms with Gasteiger partial charge < -0.3 is 24.2 Å². The molecule has 43 heavy (non-hydrogen) atoms. The lowest BCUT2D eigenvalue weighted by Gasteiger charge is -2.41. The fourth-order valence-electron chi connectivity index (χ4n) is 5.19. The first-order valence-electron chi connectivity index (χ1n) is 14.6. The number of rotatable bonds is 13. The summed E-state index contributed by atoms with van der Waals surface area (Å²) < 4.78 is 21.5. The second-order valence-electron chi connectivity index (χ2n) is 12.7. The molecule has 1 saturated heterocycles. The van der Waals surface area contributed by atoms with Gasteiger partial charge in [0.1, 0.15) is 17.1 Å². The number of aliphatic carboxylic acids is 1. The summed E-state index contributed by atoms with van der Waals surface area (Å²) in [5.41, 5.74) is 1.42. The van der Waals surface area contributed by atoms with E-state index in [1.54, 1.807) is 21.3 Å². The normalized spacial score (nSPS) is 16.4. The van der Waals surface area contributed by atoms with Gasteiger partial charge in [-0.25, -0.2) is 14.5 Å². The number of anilines is 1. The number of fused-ring (bicyclic) bond motifs is 1. The highest BCUT2D eigenvalue weighted by molar-refractivity contribution is 5.78. The molecule has 3 aromatic rings. The molecule has 0 saturated carbocycles. The van der Waals surface area contributed by atoms with Crippen LogP contribution in [0.4, 0.5) is 5.82 Å². The summed E-state index contributed by atoms with van der Waals surface area (Å²) in [4.78, 5) is 19.6. The zero-order chi connectivity index (χ0) is 31.6. The molecule has 0 spiro atoms. The molecule has 0 bridgehead atoms. The summed E-state index contributed by atoms with van der Waals surface area (Å²) in [5.74, 6) is -0.421. The van der Waals surface area contributed by atoms with Gasteiger partial charge in [-0.1, -0.05) is 17.4 Å². The predicted octanol–water partition coefficient (Wildman–Crippen LogP) is 4.62. The van der Waals surface area contributed by atoms with E-state index in [0.29, 0.717) is 67.0 Å². The number of carboxylic acids is 1. The van der Waals surface area contributed by atoms with Gasteiger partial charge in [0.05, 0.1) is 48.4 Å². The first-order valence-corrected chi connectivity index (χ1v) is 14.6. The summed E-state index contributed by atoms with van der Waals surface area (Å²) in [5, 5.41) is 23.9. The van der Waals surface area contributed by atoms with Gasteiger partial charge in [0.2, 0.25) is 0 Å². The maximum atomic E-state index is 12.7. The zero-order valence-electron chi connectivity index (χ0n) is 26.5. The van der Waals surface area contributed by atoms with Crippen LogP contribution in [0.25, 0.3) is 5.65 Å². The Bertz CT molecular complexity index is 1460. The van der Waals surface area contributed by atoms with E-state index in [9.17, 15) is 9.90 Å². The molecule has 0 aliphatic carbocycles. The van der Waals surface area contributed by atoms with Crippen LogP contribution in [0.15, 0.2) is 37.6 Å². The fourth-order valence-corrected chi connectivity index (χ4v) is 5.19. The fraction of sp³-hybridized carbons (Fsp3) is 0.581. The van der Waals surface area contributed by atoms with Crippen molar-refractivity contribution in [3.05, 3.63) is 60.2 Å². The molecular weight excluding hydrogens is 550 g/mol. The molecule has 4 rings (SSSR count). The van der Waals surface area contributed by atoms with Crippen molar-refractivity contribution < 1.29 is 24.1 Å². The van der Waals surface area contributed by atoms with Crippen LogP contribution < -0.4 is 4.90 Å². The first-order chi connectivity index (χ1) is 20.2. The second kappa shape index (κ2) is 12.6. The van der Waals surface area contributed by atoms with Gasteiger partial charge in [0, 0.05) is 24.8 Å². The number of aromatic nitrogens is 6. The van der Waals surface area contributed by atoms with Crippen LogP contribution in [0.1, 0.15) is 83.1 Å². The van der Waals surface area contributed by atoms with Crippen LogP contribution in [0, 0.1) is 6.92 Å². The summed E-state index contributed by atoms with van der Waals surface area (Å²) in [7, 11) is 0. The highest BCUT2D eigenvalue weighted by atomic mass is 16.5. The lowest BCUT2D eigenvalue weighted by Crippen LogP contribution is -2.45. The number of hydrogen-bond acceptors (Lipinski definition) is 9. The molecule has 1 aliphatic heterocycles. The van der Waals surface area contributed by atoms with E-state index in [4.69, 9.17) is 24.3 Å². The highest BCUT2D eigenvalue weighted by Gasteiger charge is 2.37. The van der Waals surface area contributed by atoms with Gasteiger partial charge >= 0.3 is 5.97 Å². The maximum Gasteiger partial charge on any atom is 0.337 e. The van der Waals surface area contributed by atoms with Crippen molar-refractivity contribution >= 4 is 17.4 Å². The van der Waals surface area contributed by atoms with Gasteiger partial charge in [-0.15, -0.1) is 18.3 Å². The average molecular weight is 596 g/mol. The van der Waals surface area contributed by atoms with Crippen LogP contribution in [-0.4, -0.2) is 78.2 Å². The molecule has 0 amide bonds. The molecule has 4 heterocycles. The van der Waals surface area contributed by atoms with Crippen molar-refractivity contribution in [3.8, 4) is 0 Å². The second-order valence-corrected chi connectivity index (χ2v) is 12.7. The minimum Gasteiger partial charge on any atom is -0.479 e. The predicted molar refractivity (Wildman–Crippen MR) is 163 cm³/mol. The third-order valence-electron chi connectivity index (χ3n) is 7.52. The minimum atomic E-state index is -1.24. The number of piperidine rings is 1. The molecule has 1 aliphatic rings. The first kappa shape index (κ1) is 32.3.